The van der Waals surface area contributed by atoms with E-state index in [1.54, 1.807) is 0 Å². The van der Waals surface area contributed by atoms with Crippen LogP contribution in [0.4, 0.5) is 0 Å². The first kappa shape index (κ1) is 10.4. The van der Waals surface area contributed by atoms with Crippen LogP contribution in [0.25, 0.3) is 0 Å². The molecule has 3 N–H and O–H groups in total. The van der Waals surface area contributed by atoms with E-state index in [4.69, 9.17) is 5.73 Å². The topological polar surface area (TPSA) is 55.1 Å². The van der Waals surface area contributed by atoms with Crippen molar-refractivity contribution in [1.82, 2.24) is 5.32 Å². The minimum Gasteiger partial charge on any atom is -0.370 e. The van der Waals surface area contributed by atoms with Gasteiger partial charge < -0.3 is 11.1 Å². The maximum absolute atomic E-state index is 10.5. The van der Waals surface area contributed by atoms with Crippen LogP contribution >= 0.6 is 0 Å². The number of rotatable bonds is 6. The summed E-state index contributed by atoms with van der Waals surface area (Å²) in [6.07, 6.45) is 2.57. The number of nitrogens with one attached hydrogen (secondary N) is 1. The number of carbonyl (C=O) groups excluding carboxylic acids is 1. The van der Waals surface area contributed by atoms with Crippen molar-refractivity contribution in [3.8, 4) is 0 Å². The molecular weight excluding hydrogens is 140 g/mol. The van der Waals surface area contributed by atoms with Gasteiger partial charge in [0, 0.05) is 12.5 Å². The summed E-state index contributed by atoms with van der Waals surface area (Å²) in [6, 6.07) is 0.280. The Hall–Kier alpha value is -0.570. The van der Waals surface area contributed by atoms with Gasteiger partial charge in [0.2, 0.25) is 5.91 Å². The van der Waals surface area contributed by atoms with Gasteiger partial charge in [-0.25, -0.2) is 0 Å². The monoisotopic (exact) mass is 158 g/mol. The van der Waals surface area contributed by atoms with E-state index in [9.17, 15) is 4.79 Å². The number of nitrogens with two attached hydrogens (primary N) is 1. The summed E-state index contributed by atoms with van der Waals surface area (Å²) in [5, 5.41) is 3.21. The molecule has 0 fully saturated rings. The smallest absolute Gasteiger partial charge is 0.218 e. The fraction of sp³-hybridized carbons (Fsp3) is 0.875. The number of carbonyl (C=O) groups is 1. The van der Waals surface area contributed by atoms with Crippen LogP contribution in [-0.2, 0) is 4.79 Å². The van der Waals surface area contributed by atoms with Crippen LogP contribution in [-0.4, -0.2) is 18.5 Å². The summed E-state index contributed by atoms with van der Waals surface area (Å²) in [4.78, 5) is 10.5. The van der Waals surface area contributed by atoms with Gasteiger partial charge in [-0.05, 0) is 13.0 Å². The molecule has 0 aliphatic rings. The van der Waals surface area contributed by atoms with Gasteiger partial charge in [-0.15, -0.1) is 0 Å². The van der Waals surface area contributed by atoms with E-state index in [1.165, 1.54) is 0 Å². The minimum atomic E-state index is -0.218. The van der Waals surface area contributed by atoms with E-state index < -0.39 is 0 Å². The third kappa shape index (κ3) is 5.85. The van der Waals surface area contributed by atoms with Crippen molar-refractivity contribution in [2.45, 2.75) is 39.2 Å². The Bertz CT molecular complexity index is 109. The lowest BCUT2D eigenvalue weighted by molar-refractivity contribution is -0.118. The Labute approximate surface area is 68.3 Å². The third-order valence-electron chi connectivity index (χ3n) is 1.58. The molecule has 0 aromatic carbocycles. The van der Waals surface area contributed by atoms with Crippen LogP contribution in [0.1, 0.15) is 33.1 Å². The van der Waals surface area contributed by atoms with Crippen molar-refractivity contribution in [3.63, 3.8) is 0 Å². The van der Waals surface area contributed by atoms with Gasteiger partial charge in [-0.1, -0.05) is 20.3 Å². The zero-order chi connectivity index (χ0) is 8.69. The van der Waals surface area contributed by atoms with E-state index in [2.05, 4.69) is 12.2 Å². The zero-order valence-corrected chi connectivity index (χ0v) is 7.39. The predicted molar refractivity (Wildman–Crippen MR) is 46.2 cm³/mol. The normalized spacial score (nSPS) is 12.9. The van der Waals surface area contributed by atoms with Crippen molar-refractivity contribution in [2.24, 2.45) is 5.73 Å². The number of hydrogen-bond donors (Lipinski definition) is 2. The standard InChI is InChI=1S/C8H18N2O/c1-3-5-7(10-4-2)6-8(9)11/h7,10H,3-6H2,1-2H3,(H2,9,11). The molecule has 3 heteroatoms. The van der Waals surface area contributed by atoms with Crippen molar-refractivity contribution in [3.05, 3.63) is 0 Å². The van der Waals surface area contributed by atoms with Crippen LogP contribution in [0, 0.1) is 0 Å². The van der Waals surface area contributed by atoms with E-state index >= 15 is 0 Å². The molecular formula is C8H18N2O. The van der Waals surface area contributed by atoms with Crippen LogP contribution < -0.4 is 11.1 Å². The first-order valence-corrected chi connectivity index (χ1v) is 4.22. The molecule has 0 aliphatic carbocycles. The molecule has 0 saturated carbocycles. The van der Waals surface area contributed by atoms with E-state index in [1.807, 2.05) is 6.92 Å². The highest BCUT2D eigenvalue weighted by Gasteiger charge is 2.08. The number of hydrogen-bond acceptors (Lipinski definition) is 2. The Kier molecular flexibility index (Phi) is 5.84. The average molecular weight is 158 g/mol. The first-order valence-electron chi connectivity index (χ1n) is 4.22. The van der Waals surface area contributed by atoms with Gasteiger partial charge in [0.25, 0.3) is 0 Å². The van der Waals surface area contributed by atoms with Crippen molar-refractivity contribution < 1.29 is 4.79 Å². The Morgan fingerprint density at radius 2 is 2.18 bits per heavy atom. The summed E-state index contributed by atoms with van der Waals surface area (Å²) < 4.78 is 0. The highest BCUT2D eigenvalue weighted by atomic mass is 16.1. The van der Waals surface area contributed by atoms with Gasteiger partial charge in [0.05, 0.1) is 0 Å². The summed E-state index contributed by atoms with van der Waals surface area (Å²) >= 11 is 0. The highest BCUT2D eigenvalue weighted by molar-refractivity contribution is 5.74. The summed E-state index contributed by atoms with van der Waals surface area (Å²) in [7, 11) is 0. The van der Waals surface area contributed by atoms with Gasteiger partial charge in [0.15, 0.2) is 0 Å². The molecule has 1 atom stereocenters. The minimum absolute atomic E-state index is 0.218. The average Bonchev–Trinajstić information content (AvgIpc) is 1.87. The molecule has 11 heavy (non-hydrogen) atoms. The molecule has 0 rings (SSSR count). The molecule has 3 nitrogen and oxygen atoms in total. The summed E-state index contributed by atoms with van der Waals surface area (Å²) in [6.45, 7) is 5.03. The maximum atomic E-state index is 10.5. The maximum Gasteiger partial charge on any atom is 0.218 e. The van der Waals surface area contributed by atoms with E-state index in [0.29, 0.717) is 6.42 Å². The van der Waals surface area contributed by atoms with Crippen LogP contribution in [0.15, 0.2) is 0 Å². The van der Waals surface area contributed by atoms with Crippen LogP contribution in [0.5, 0.6) is 0 Å². The Balaban J connectivity index is 3.59. The highest BCUT2D eigenvalue weighted by Crippen LogP contribution is 2.00. The predicted octanol–water partition coefficient (Wildman–Crippen LogP) is 0.640. The largest absolute Gasteiger partial charge is 0.370 e. The second kappa shape index (κ2) is 6.16. The van der Waals surface area contributed by atoms with Crippen LogP contribution in [0.2, 0.25) is 0 Å². The van der Waals surface area contributed by atoms with Crippen molar-refractivity contribution in [1.29, 1.82) is 0 Å². The molecule has 0 spiro atoms. The quantitative estimate of drug-likeness (QED) is 0.596. The molecule has 0 heterocycles. The molecule has 0 saturated heterocycles. The van der Waals surface area contributed by atoms with E-state index in [0.717, 1.165) is 19.4 Å². The first-order chi connectivity index (χ1) is 5.20. The molecule has 0 aliphatic heterocycles. The Morgan fingerprint density at radius 3 is 2.55 bits per heavy atom. The van der Waals surface area contributed by atoms with Crippen molar-refractivity contribution >= 4 is 5.91 Å². The molecule has 0 aromatic rings. The Morgan fingerprint density at radius 1 is 1.55 bits per heavy atom. The van der Waals surface area contributed by atoms with Gasteiger partial charge in [0.1, 0.15) is 0 Å². The molecule has 0 aromatic heterocycles. The van der Waals surface area contributed by atoms with Crippen LogP contribution in [0.3, 0.4) is 0 Å². The summed E-state index contributed by atoms with van der Waals surface area (Å²) in [5.41, 5.74) is 5.07. The zero-order valence-electron chi connectivity index (χ0n) is 7.39. The van der Waals surface area contributed by atoms with Crippen molar-refractivity contribution in [2.75, 3.05) is 6.54 Å². The molecule has 66 valence electrons. The SMILES string of the molecule is CCCC(CC(N)=O)NCC. The van der Waals surface area contributed by atoms with Gasteiger partial charge in [-0.3, -0.25) is 4.79 Å². The van der Waals surface area contributed by atoms with Gasteiger partial charge in [-0.2, -0.15) is 0 Å². The second-order valence-electron chi connectivity index (χ2n) is 2.71. The number of amides is 1. The third-order valence-corrected chi connectivity index (χ3v) is 1.58. The molecule has 0 bridgehead atoms. The molecule has 1 unspecified atom stereocenters. The molecule has 0 radical (unpaired) electrons. The fourth-order valence-electron chi connectivity index (χ4n) is 1.16. The second-order valence-corrected chi connectivity index (χ2v) is 2.71. The summed E-state index contributed by atoms with van der Waals surface area (Å²) in [5.74, 6) is -0.218. The molecule has 1 amide bonds. The lowest BCUT2D eigenvalue weighted by atomic mass is 10.1. The van der Waals surface area contributed by atoms with E-state index in [-0.39, 0.29) is 11.9 Å². The lowest BCUT2D eigenvalue weighted by Gasteiger charge is -2.14. The fourth-order valence-corrected chi connectivity index (χ4v) is 1.16. The lowest BCUT2D eigenvalue weighted by Crippen LogP contribution is -2.33. The van der Waals surface area contributed by atoms with Gasteiger partial charge >= 0.3 is 0 Å². The number of primary amides is 1.